The van der Waals surface area contributed by atoms with Crippen molar-refractivity contribution in [2.45, 2.75) is 26.3 Å². The van der Waals surface area contributed by atoms with Gasteiger partial charge in [-0.25, -0.2) is 4.79 Å². The molecule has 0 aliphatic carbocycles. The number of esters is 1. The Bertz CT molecular complexity index is 1360. The van der Waals surface area contributed by atoms with Crippen LogP contribution in [0, 0.1) is 0 Å². The van der Waals surface area contributed by atoms with Crippen molar-refractivity contribution in [1.82, 2.24) is 0 Å². The molecule has 8 nitrogen and oxygen atoms in total. The smallest absolute Gasteiger partial charge is 0.338 e. The summed E-state index contributed by atoms with van der Waals surface area (Å²) in [6.45, 7) is 4.44. The van der Waals surface area contributed by atoms with E-state index in [1.807, 2.05) is 6.92 Å². The summed E-state index contributed by atoms with van der Waals surface area (Å²) in [6.07, 6.45) is 0.813. The molecule has 1 heterocycles. The lowest BCUT2D eigenvalue weighted by Gasteiger charge is -2.25. The Balaban J connectivity index is 1.83. The summed E-state index contributed by atoms with van der Waals surface area (Å²) in [6, 6.07) is 19.0. The molecule has 1 saturated heterocycles. The summed E-state index contributed by atoms with van der Waals surface area (Å²) in [4.78, 5) is 40.2. The van der Waals surface area contributed by atoms with Crippen LogP contribution in [-0.4, -0.2) is 43.1 Å². The Morgan fingerprint density at radius 2 is 1.63 bits per heavy atom. The van der Waals surface area contributed by atoms with Gasteiger partial charge in [-0.05, 0) is 67.4 Å². The summed E-state index contributed by atoms with van der Waals surface area (Å²) < 4.78 is 16.0. The van der Waals surface area contributed by atoms with E-state index in [9.17, 15) is 19.5 Å². The standard InChI is InChI=1S/C30H29NO7/c1-4-17-38-24-8-6-7-21(18-24)27(32)25-26(19-11-15-23(36-3)16-12-19)31(29(34)28(25)33)22-13-9-20(10-14-22)30(35)37-5-2/h6-16,18,26,32H,4-5,17H2,1-3H3/b27-25+. The maximum absolute atomic E-state index is 13.4. The predicted octanol–water partition coefficient (Wildman–Crippen LogP) is 5.29. The average molecular weight is 516 g/mol. The Hall–Kier alpha value is -4.59. The Kier molecular flexibility index (Phi) is 8.11. The average Bonchev–Trinajstić information content (AvgIpc) is 3.21. The molecular formula is C30H29NO7. The topological polar surface area (TPSA) is 102 Å². The number of hydrogen-bond donors (Lipinski definition) is 1. The van der Waals surface area contributed by atoms with Crippen molar-refractivity contribution in [3.8, 4) is 11.5 Å². The highest BCUT2D eigenvalue weighted by Crippen LogP contribution is 2.42. The minimum absolute atomic E-state index is 0.0534. The van der Waals surface area contributed by atoms with Gasteiger partial charge >= 0.3 is 5.97 Å². The van der Waals surface area contributed by atoms with Gasteiger partial charge in [-0.2, -0.15) is 0 Å². The zero-order valence-electron chi connectivity index (χ0n) is 21.5. The summed E-state index contributed by atoms with van der Waals surface area (Å²) in [5.41, 5.74) is 1.60. The van der Waals surface area contributed by atoms with E-state index < -0.39 is 23.7 Å². The van der Waals surface area contributed by atoms with Crippen LogP contribution < -0.4 is 14.4 Å². The molecule has 3 aromatic rings. The first-order valence-electron chi connectivity index (χ1n) is 12.3. The molecule has 1 aliphatic heterocycles. The van der Waals surface area contributed by atoms with Gasteiger partial charge in [-0.3, -0.25) is 14.5 Å². The first-order valence-corrected chi connectivity index (χ1v) is 12.3. The molecule has 1 N–H and O–H groups in total. The Morgan fingerprint density at radius 1 is 0.921 bits per heavy atom. The van der Waals surface area contributed by atoms with Crippen molar-refractivity contribution in [3.05, 3.63) is 95.1 Å². The number of benzene rings is 3. The predicted molar refractivity (Wildman–Crippen MR) is 142 cm³/mol. The van der Waals surface area contributed by atoms with Gasteiger partial charge in [0.2, 0.25) is 0 Å². The van der Waals surface area contributed by atoms with Gasteiger partial charge in [0.1, 0.15) is 17.3 Å². The van der Waals surface area contributed by atoms with E-state index in [0.29, 0.717) is 40.5 Å². The van der Waals surface area contributed by atoms with Crippen molar-refractivity contribution < 1.29 is 33.7 Å². The third-order valence-electron chi connectivity index (χ3n) is 6.11. The van der Waals surface area contributed by atoms with Crippen LogP contribution >= 0.6 is 0 Å². The van der Waals surface area contributed by atoms with Crippen LogP contribution in [-0.2, 0) is 14.3 Å². The van der Waals surface area contributed by atoms with E-state index in [1.54, 1.807) is 74.7 Å². The lowest BCUT2D eigenvalue weighted by atomic mass is 9.95. The molecule has 1 unspecified atom stereocenters. The van der Waals surface area contributed by atoms with Crippen LogP contribution in [0.4, 0.5) is 5.69 Å². The van der Waals surface area contributed by atoms with Gasteiger partial charge in [0.15, 0.2) is 0 Å². The van der Waals surface area contributed by atoms with Crippen LogP contribution in [0.2, 0.25) is 0 Å². The van der Waals surface area contributed by atoms with E-state index in [4.69, 9.17) is 14.2 Å². The van der Waals surface area contributed by atoms with E-state index in [1.165, 1.54) is 17.0 Å². The summed E-state index contributed by atoms with van der Waals surface area (Å²) in [5.74, 6) is -1.27. The lowest BCUT2D eigenvalue weighted by Crippen LogP contribution is -2.29. The quantitative estimate of drug-likeness (QED) is 0.179. The summed E-state index contributed by atoms with van der Waals surface area (Å²) in [5, 5.41) is 11.4. The van der Waals surface area contributed by atoms with E-state index in [2.05, 4.69) is 0 Å². The fourth-order valence-corrected chi connectivity index (χ4v) is 4.28. The number of ether oxygens (including phenoxy) is 3. The Labute approximate surface area is 221 Å². The summed E-state index contributed by atoms with van der Waals surface area (Å²) in [7, 11) is 1.54. The third-order valence-corrected chi connectivity index (χ3v) is 6.11. The molecule has 0 bridgehead atoms. The van der Waals surface area contributed by atoms with Crippen molar-refractivity contribution in [2.75, 3.05) is 25.2 Å². The first-order chi connectivity index (χ1) is 18.4. The molecule has 0 saturated carbocycles. The molecule has 1 aliphatic rings. The molecule has 8 heteroatoms. The monoisotopic (exact) mass is 515 g/mol. The van der Waals surface area contributed by atoms with Crippen LogP contribution in [0.15, 0.2) is 78.4 Å². The number of Topliss-reactive ketones (excluding diaryl/α,β-unsaturated/α-hetero) is 1. The van der Waals surface area contributed by atoms with Gasteiger partial charge in [-0.15, -0.1) is 0 Å². The van der Waals surface area contributed by atoms with Gasteiger partial charge in [0.05, 0.1) is 37.5 Å². The van der Waals surface area contributed by atoms with Crippen molar-refractivity contribution >= 4 is 29.1 Å². The number of anilines is 1. The molecular weight excluding hydrogens is 486 g/mol. The number of aliphatic hydroxyl groups excluding tert-OH is 1. The highest BCUT2D eigenvalue weighted by molar-refractivity contribution is 6.51. The number of nitrogens with zero attached hydrogens (tertiary/aromatic N) is 1. The van der Waals surface area contributed by atoms with Crippen LogP contribution in [0.3, 0.4) is 0 Å². The number of carbonyl (C=O) groups excluding carboxylic acids is 3. The summed E-state index contributed by atoms with van der Waals surface area (Å²) >= 11 is 0. The highest BCUT2D eigenvalue weighted by Gasteiger charge is 2.47. The maximum atomic E-state index is 13.4. The molecule has 1 atom stereocenters. The maximum Gasteiger partial charge on any atom is 0.338 e. The van der Waals surface area contributed by atoms with Crippen LogP contribution in [0.25, 0.3) is 5.76 Å². The van der Waals surface area contributed by atoms with Crippen molar-refractivity contribution in [2.24, 2.45) is 0 Å². The highest BCUT2D eigenvalue weighted by atomic mass is 16.5. The lowest BCUT2D eigenvalue weighted by molar-refractivity contribution is -0.132. The normalized spacial score (nSPS) is 16.4. The third kappa shape index (κ3) is 5.25. The fourth-order valence-electron chi connectivity index (χ4n) is 4.28. The molecule has 0 radical (unpaired) electrons. The number of rotatable bonds is 9. The molecule has 1 amide bonds. The van der Waals surface area contributed by atoms with E-state index >= 15 is 0 Å². The van der Waals surface area contributed by atoms with Crippen LogP contribution in [0.1, 0.15) is 47.8 Å². The second-order valence-electron chi connectivity index (χ2n) is 8.59. The molecule has 0 aromatic heterocycles. The minimum atomic E-state index is -0.922. The molecule has 1 fully saturated rings. The van der Waals surface area contributed by atoms with Gasteiger partial charge < -0.3 is 19.3 Å². The number of methoxy groups -OCH3 is 1. The zero-order valence-corrected chi connectivity index (χ0v) is 21.5. The number of aliphatic hydroxyl groups is 1. The fraction of sp³-hybridized carbons (Fsp3) is 0.233. The number of amides is 1. The van der Waals surface area contributed by atoms with Crippen LogP contribution in [0.5, 0.6) is 11.5 Å². The molecule has 196 valence electrons. The van der Waals surface area contributed by atoms with Gasteiger partial charge in [-0.1, -0.05) is 31.2 Å². The van der Waals surface area contributed by atoms with Crippen molar-refractivity contribution in [3.63, 3.8) is 0 Å². The second-order valence-corrected chi connectivity index (χ2v) is 8.59. The van der Waals surface area contributed by atoms with Gasteiger partial charge in [0, 0.05) is 11.3 Å². The van der Waals surface area contributed by atoms with Crippen molar-refractivity contribution in [1.29, 1.82) is 0 Å². The molecule has 38 heavy (non-hydrogen) atoms. The second kappa shape index (κ2) is 11.6. The van der Waals surface area contributed by atoms with E-state index in [-0.39, 0.29) is 17.9 Å². The zero-order chi connectivity index (χ0) is 27.2. The SMILES string of the molecule is CCCOc1cccc(/C(O)=C2\C(=O)C(=O)N(c3ccc(C(=O)OCC)cc3)C2c2ccc(OC)cc2)c1. The van der Waals surface area contributed by atoms with Gasteiger partial charge in [0.25, 0.3) is 11.7 Å². The first kappa shape index (κ1) is 26.5. The molecule has 3 aromatic carbocycles. The number of hydrogen-bond acceptors (Lipinski definition) is 7. The number of carbonyl (C=O) groups is 3. The largest absolute Gasteiger partial charge is 0.507 e. The number of ketones is 1. The minimum Gasteiger partial charge on any atom is -0.507 e. The molecule has 4 rings (SSSR count). The Morgan fingerprint density at radius 3 is 2.26 bits per heavy atom. The van der Waals surface area contributed by atoms with E-state index in [0.717, 1.165) is 6.42 Å². The molecule has 0 spiro atoms.